The van der Waals surface area contributed by atoms with Gasteiger partial charge in [0.2, 0.25) is 5.91 Å². The molecule has 0 fully saturated rings. The number of carbonyl (C=O) groups is 1. The van der Waals surface area contributed by atoms with Gasteiger partial charge in [-0.15, -0.1) is 0 Å². The molecule has 1 N–H and O–H groups in total. The van der Waals surface area contributed by atoms with Crippen molar-refractivity contribution in [1.82, 2.24) is 14.3 Å². The molecule has 2 heterocycles. The molecule has 0 aliphatic carbocycles. The summed E-state index contributed by atoms with van der Waals surface area (Å²) in [5.74, 6) is 1.07. The first kappa shape index (κ1) is 11.4. The van der Waals surface area contributed by atoms with E-state index in [1.807, 2.05) is 28.8 Å². The minimum absolute atomic E-state index is 0.121. The van der Waals surface area contributed by atoms with Crippen LogP contribution in [-0.4, -0.2) is 40.8 Å². The molecule has 0 bridgehead atoms. The molecular weight excluding hydrogens is 216 g/mol. The maximum Gasteiger partial charge on any atom is 0.223 e. The highest BCUT2D eigenvalue weighted by Crippen LogP contribution is 2.10. The molecule has 0 atom stereocenters. The van der Waals surface area contributed by atoms with E-state index in [2.05, 4.69) is 10.3 Å². The molecule has 17 heavy (non-hydrogen) atoms. The second-order valence-corrected chi connectivity index (χ2v) is 4.03. The van der Waals surface area contributed by atoms with Crippen molar-refractivity contribution in [3.63, 3.8) is 0 Å². The zero-order valence-electron chi connectivity index (χ0n) is 10.1. The number of hydrogen-bond acceptors (Lipinski definition) is 3. The van der Waals surface area contributed by atoms with E-state index in [0.717, 1.165) is 11.5 Å². The first-order chi connectivity index (χ1) is 8.18. The number of fused-ring (bicyclic) bond motifs is 1. The largest absolute Gasteiger partial charge is 0.371 e. The monoisotopic (exact) mass is 232 g/mol. The van der Waals surface area contributed by atoms with Crippen LogP contribution in [0.2, 0.25) is 0 Å². The molecule has 0 saturated carbocycles. The highest BCUT2D eigenvalue weighted by atomic mass is 16.2. The third-order valence-corrected chi connectivity index (χ3v) is 2.57. The lowest BCUT2D eigenvalue weighted by atomic mass is 10.3. The fourth-order valence-corrected chi connectivity index (χ4v) is 1.61. The summed E-state index contributed by atoms with van der Waals surface area (Å²) in [5.41, 5.74) is 0.897. The van der Waals surface area contributed by atoms with Gasteiger partial charge in [-0.3, -0.25) is 9.20 Å². The smallest absolute Gasteiger partial charge is 0.223 e. The van der Waals surface area contributed by atoms with Crippen LogP contribution in [0, 0.1) is 0 Å². The summed E-state index contributed by atoms with van der Waals surface area (Å²) in [4.78, 5) is 17.2. The van der Waals surface area contributed by atoms with E-state index < -0.39 is 0 Å². The number of nitrogens with one attached hydrogen (secondary N) is 1. The molecular formula is C12H16N4O. The van der Waals surface area contributed by atoms with Gasteiger partial charge >= 0.3 is 0 Å². The first-order valence-electron chi connectivity index (χ1n) is 5.54. The molecule has 0 unspecified atom stereocenters. The maximum atomic E-state index is 11.4. The maximum absolute atomic E-state index is 11.4. The second-order valence-electron chi connectivity index (χ2n) is 4.03. The zero-order chi connectivity index (χ0) is 12.3. The molecule has 2 aromatic rings. The predicted molar refractivity (Wildman–Crippen MR) is 67.0 cm³/mol. The average molecular weight is 232 g/mol. The Bertz CT molecular complexity index is 518. The summed E-state index contributed by atoms with van der Waals surface area (Å²) in [5, 5.41) is 3.24. The van der Waals surface area contributed by atoms with E-state index in [1.54, 1.807) is 25.2 Å². The van der Waals surface area contributed by atoms with Crippen LogP contribution in [0.4, 0.5) is 5.82 Å². The van der Waals surface area contributed by atoms with Crippen LogP contribution >= 0.6 is 0 Å². The predicted octanol–water partition coefficient (Wildman–Crippen LogP) is 1.22. The number of hydrogen-bond donors (Lipinski definition) is 1. The molecule has 2 aromatic heterocycles. The average Bonchev–Trinajstić information content (AvgIpc) is 2.77. The number of anilines is 1. The summed E-state index contributed by atoms with van der Waals surface area (Å²) in [6, 6.07) is 5.85. The Kier molecular flexibility index (Phi) is 3.27. The van der Waals surface area contributed by atoms with E-state index in [9.17, 15) is 4.79 Å². The van der Waals surface area contributed by atoms with Gasteiger partial charge in [0.25, 0.3) is 0 Å². The second kappa shape index (κ2) is 4.86. The van der Waals surface area contributed by atoms with Crippen LogP contribution in [0.3, 0.4) is 0 Å². The standard InChI is InChI=1S/C12H16N4O/c1-15(2)12(17)6-7-13-10-4-3-5-11-14-8-9-16(10)11/h3-5,8-9,13H,6-7H2,1-2H3. The van der Waals surface area contributed by atoms with Crippen molar-refractivity contribution in [2.24, 2.45) is 0 Å². The number of nitrogens with zero attached hydrogens (tertiary/aromatic N) is 3. The fourth-order valence-electron chi connectivity index (χ4n) is 1.61. The molecule has 0 aromatic carbocycles. The van der Waals surface area contributed by atoms with Crippen LogP contribution in [0.5, 0.6) is 0 Å². The minimum Gasteiger partial charge on any atom is -0.371 e. The van der Waals surface area contributed by atoms with E-state index in [-0.39, 0.29) is 5.91 Å². The molecule has 5 heteroatoms. The van der Waals surface area contributed by atoms with Gasteiger partial charge in [-0.05, 0) is 12.1 Å². The van der Waals surface area contributed by atoms with E-state index in [0.29, 0.717) is 13.0 Å². The number of amides is 1. The van der Waals surface area contributed by atoms with Gasteiger partial charge in [-0.2, -0.15) is 0 Å². The van der Waals surface area contributed by atoms with Crippen molar-refractivity contribution in [3.05, 3.63) is 30.6 Å². The Hall–Kier alpha value is -2.04. The van der Waals surface area contributed by atoms with Crippen LogP contribution in [0.15, 0.2) is 30.6 Å². The number of aromatic nitrogens is 2. The Labute approximate surface area is 100 Å². The van der Waals surface area contributed by atoms with Crippen LogP contribution in [0.25, 0.3) is 5.65 Å². The minimum atomic E-state index is 0.121. The van der Waals surface area contributed by atoms with Crippen molar-refractivity contribution >= 4 is 17.4 Å². The molecule has 90 valence electrons. The summed E-state index contributed by atoms with van der Waals surface area (Å²) in [7, 11) is 3.53. The lowest BCUT2D eigenvalue weighted by Crippen LogP contribution is -2.24. The zero-order valence-corrected chi connectivity index (χ0v) is 10.1. The number of pyridine rings is 1. The third kappa shape index (κ3) is 2.55. The van der Waals surface area contributed by atoms with Gasteiger partial charge in [0.15, 0.2) is 0 Å². The Morgan fingerprint density at radius 3 is 3.06 bits per heavy atom. The molecule has 0 aliphatic heterocycles. The number of rotatable bonds is 4. The molecule has 1 amide bonds. The summed E-state index contributed by atoms with van der Waals surface area (Å²) in [6.07, 6.45) is 4.13. The van der Waals surface area contributed by atoms with Crippen molar-refractivity contribution in [3.8, 4) is 0 Å². The quantitative estimate of drug-likeness (QED) is 0.862. The van der Waals surface area contributed by atoms with E-state index in [1.165, 1.54) is 0 Å². The lowest BCUT2D eigenvalue weighted by molar-refractivity contribution is -0.128. The topological polar surface area (TPSA) is 49.6 Å². The van der Waals surface area contributed by atoms with Gasteiger partial charge in [0.05, 0.1) is 0 Å². The van der Waals surface area contributed by atoms with E-state index in [4.69, 9.17) is 0 Å². The lowest BCUT2D eigenvalue weighted by Gasteiger charge is -2.12. The Balaban J connectivity index is 1.99. The summed E-state index contributed by atoms with van der Waals surface area (Å²) < 4.78 is 1.96. The van der Waals surface area contributed by atoms with Crippen molar-refractivity contribution in [2.45, 2.75) is 6.42 Å². The summed E-state index contributed by atoms with van der Waals surface area (Å²) in [6.45, 7) is 0.619. The van der Waals surface area contributed by atoms with Gasteiger partial charge < -0.3 is 10.2 Å². The van der Waals surface area contributed by atoms with Crippen molar-refractivity contribution in [2.75, 3.05) is 26.0 Å². The highest BCUT2D eigenvalue weighted by Gasteiger charge is 2.04. The fraction of sp³-hybridized carbons (Fsp3) is 0.333. The molecule has 0 spiro atoms. The van der Waals surface area contributed by atoms with Crippen molar-refractivity contribution < 1.29 is 4.79 Å². The molecule has 2 rings (SSSR count). The van der Waals surface area contributed by atoms with Gasteiger partial charge in [-0.25, -0.2) is 4.98 Å². The molecule has 0 aliphatic rings. The highest BCUT2D eigenvalue weighted by molar-refractivity contribution is 5.76. The van der Waals surface area contributed by atoms with E-state index >= 15 is 0 Å². The summed E-state index contributed by atoms with van der Waals surface area (Å²) >= 11 is 0. The molecule has 5 nitrogen and oxygen atoms in total. The normalized spacial score (nSPS) is 10.5. The number of carbonyl (C=O) groups excluding carboxylic acids is 1. The Morgan fingerprint density at radius 1 is 1.47 bits per heavy atom. The third-order valence-electron chi connectivity index (χ3n) is 2.57. The van der Waals surface area contributed by atoms with Gasteiger partial charge in [0, 0.05) is 39.5 Å². The Morgan fingerprint density at radius 2 is 2.29 bits per heavy atom. The van der Waals surface area contributed by atoms with Crippen LogP contribution < -0.4 is 5.32 Å². The van der Waals surface area contributed by atoms with Gasteiger partial charge in [-0.1, -0.05) is 6.07 Å². The molecule has 0 radical (unpaired) electrons. The number of imidazole rings is 1. The van der Waals surface area contributed by atoms with Crippen LogP contribution in [0.1, 0.15) is 6.42 Å². The molecule has 0 saturated heterocycles. The first-order valence-corrected chi connectivity index (χ1v) is 5.54. The SMILES string of the molecule is CN(C)C(=O)CCNc1cccc2nccn12. The van der Waals surface area contributed by atoms with Crippen LogP contribution in [-0.2, 0) is 4.79 Å². The van der Waals surface area contributed by atoms with Crippen molar-refractivity contribution in [1.29, 1.82) is 0 Å². The van der Waals surface area contributed by atoms with Gasteiger partial charge in [0.1, 0.15) is 11.5 Å².